The molecule has 3 heterocycles. The Balaban J connectivity index is 1.81. The molecule has 0 spiro atoms. The van der Waals surface area contributed by atoms with E-state index in [1.165, 1.54) is 13.3 Å². The van der Waals surface area contributed by atoms with Gasteiger partial charge in [-0.25, -0.2) is 9.97 Å². The zero-order chi connectivity index (χ0) is 14.7. The first-order chi connectivity index (χ1) is 10.3. The van der Waals surface area contributed by atoms with Crippen molar-refractivity contribution in [2.24, 2.45) is 0 Å². The number of aromatic nitrogens is 3. The molecule has 3 rings (SSSR count). The summed E-state index contributed by atoms with van der Waals surface area (Å²) in [5.41, 5.74) is 2.37. The molecular formula is C15H13N3O3. The van der Waals surface area contributed by atoms with Crippen LogP contribution in [0.5, 0.6) is 11.6 Å². The Hall–Kier alpha value is -2.89. The fourth-order valence-corrected chi connectivity index (χ4v) is 2.06. The van der Waals surface area contributed by atoms with Crippen LogP contribution in [0.2, 0.25) is 0 Å². The second kappa shape index (κ2) is 5.62. The van der Waals surface area contributed by atoms with Gasteiger partial charge in [0.05, 0.1) is 36.9 Å². The van der Waals surface area contributed by atoms with Gasteiger partial charge in [-0.1, -0.05) is 6.07 Å². The lowest BCUT2D eigenvalue weighted by Crippen LogP contribution is -2.01. The van der Waals surface area contributed by atoms with Gasteiger partial charge in [-0.15, -0.1) is 0 Å². The number of carbonyl (C=O) groups is 1. The molecule has 0 fully saturated rings. The second-order valence-electron chi connectivity index (χ2n) is 4.39. The third-order valence-electron chi connectivity index (χ3n) is 3.13. The maximum atomic E-state index is 11.0. The first-order valence-corrected chi connectivity index (χ1v) is 6.33. The van der Waals surface area contributed by atoms with Gasteiger partial charge in [0.25, 0.3) is 0 Å². The number of fused-ring (bicyclic) bond motifs is 1. The highest BCUT2D eigenvalue weighted by molar-refractivity contribution is 5.79. The van der Waals surface area contributed by atoms with E-state index in [2.05, 4.69) is 9.97 Å². The molecule has 0 N–H and O–H groups in total. The van der Waals surface area contributed by atoms with Crippen LogP contribution in [-0.4, -0.2) is 27.8 Å². The van der Waals surface area contributed by atoms with E-state index >= 15 is 0 Å². The molecule has 106 valence electrons. The lowest BCUT2D eigenvalue weighted by Gasteiger charge is -2.09. The van der Waals surface area contributed by atoms with Crippen molar-refractivity contribution in [3.63, 3.8) is 0 Å². The summed E-state index contributed by atoms with van der Waals surface area (Å²) >= 11 is 0. The minimum atomic E-state index is 0.341. The van der Waals surface area contributed by atoms with E-state index in [1.807, 2.05) is 22.7 Å². The summed E-state index contributed by atoms with van der Waals surface area (Å²) in [6.07, 6.45) is 7.61. The molecule has 3 aromatic heterocycles. The number of imidazole rings is 1. The van der Waals surface area contributed by atoms with E-state index in [9.17, 15) is 4.79 Å². The molecule has 0 radical (unpaired) electrons. The van der Waals surface area contributed by atoms with E-state index in [4.69, 9.17) is 9.47 Å². The van der Waals surface area contributed by atoms with Crippen molar-refractivity contribution in [2.75, 3.05) is 7.11 Å². The Morgan fingerprint density at radius 1 is 1.38 bits per heavy atom. The van der Waals surface area contributed by atoms with Crippen LogP contribution < -0.4 is 9.47 Å². The summed E-state index contributed by atoms with van der Waals surface area (Å²) in [5, 5.41) is 0. The highest BCUT2D eigenvalue weighted by Crippen LogP contribution is 2.20. The first kappa shape index (κ1) is 13.1. The summed E-state index contributed by atoms with van der Waals surface area (Å²) < 4.78 is 12.6. The normalized spacial score (nSPS) is 10.5. The van der Waals surface area contributed by atoms with Gasteiger partial charge in [-0.2, -0.15) is 0 Å². The smallest absolute Gasteiger partial charge is 0.214 e. The van der Waals surface area contributed by atoms with Gasteiger partial charge in [0.2, 0.25) is 5.88 Å². The van der Waals surface area contributed by atoms with Crippen molar-refractivity contribution < 1.29 is 14.3 Å². The van der Waals surface area contributed by atoms with Crippen molar-refractivity contribution in [1.82, 2.24) is 14.4 Å². The van der Waals surface area contributed by atoms with Crippen LogP contribution >= 0.6 is 0 Å². The monoisotopic (exact) mass is 283 g/mol. The summed E-state index contributed by atoms with van der Waals surface area (Å²) in [4.78, 5) is 19.2. The van der Waals surface area contributed by atoms with Crippen LogP contribution in [0.25, 0.3) is 5.52 Å². The number of ether oxygens (including phenoxy) is 2. The first-order valence-electron chi connectivity index (χ1n) is 6.33. The Labute approximate surface area is 121 Å². The minimum absolute atomic E-state index is 0.341. The fourth-order valence-electron chi connectivity index (χ4n) is 2.06. The molecule has 0 amide bonds. The van der Waals surface area contributed by atoms with Crippen LogP contribution in [0.4, 0.5) is 0 Å². The van der Waals surface area contributed by atoms with Crippen LogP contribution in [0, 0.1) is 0 Å². The number of aldehydes is 1. The third-order valence-corrected chi connectivity index (χ3v) is 3.13. The SMILES string of the molecule is COc1cnc(OCc2cccn3cncc23)cc1C=O. The largest absolute Gasteiger partial charge is 0.494 e. The van der Waals surface area contributed by atoms with Crippen molar-refractivity contribution in [2.45, 2.75) is 6.61 Å². The van der Waals surface area contributed by atoms with Gasteiger partial charge >= 0.3 is 0 Å². The van der Waals surface area contributed by atoms with Crippen molar-refractivity contribution in [1.29, 1.82) is 0 Å². The number of pyridine rings is 2. The van der Waals surface area contributed by atoms with Gasteiger partial charge in [-0.05, 0) is 6.07 Å². The molecule has 21 heavy (non-hydrogen) atoms. The average molecular weight is 283 g/mol. The topological polar surface area (TPSA) is 65.7 Å². The molecule has 6 nitrogen and oxygen atoms in total. The molecule has 6 heteroatoms. The summed E-state index contributed by atoms with van der Waals surface area (Å²) in [5.74, 6) is 0.801. The summed E-state index contributed by atoms with van der Waals surface area (Å²) in [7, 11) is 1.49. The van der Waals surface area contributed by atoms with Gasteiger partial charge in [0.15, 0.2) is 6.29 Å². The zero-order valence-electron chi connectivity index (χ0n) is 11.4. The highest BCUT2D eigenvalue weighted by Gasteiger charge is 2.07. The Kier molecular flexibility index (Phi) is 3.51. The molecule has 3 aromatic rings. The zero-order valence-corrected chi connectivity index (χ0v) is 11.4. The number of hydrogen-bond acceptors (Lipinski definition) is 5. The molecule has 0 aliphatic rings. The number of rotatable bonds is 5. The van der Waals surface area contributed by atoms with E-state index < -0.39 is 0 Å². The number of methoxy groups -OCH3 is 1. The van der Waals surface area contributed by atoms with Crippen LogP contribution in [0.15, 0.2) is 43.1 Å². The second-order valence-corrected chi connectivity index (χ2v) is 4.39. The quantitative estimate of drug-likeness (QED) is 0.671. The van der Waals surface area contributed by atoms with E-state index in [0.29, 0.717) is 30.1 Å². The molecule has 0 unspecified atom stereocenters. The number of hydrogen-bond donors (Lipinski definition) is 0. The minimum Gasteiger partial charge on any atom is -0.494 e. The predicted octanol–water partition coefficient (Wildman–Crippen LogP) is 2.13. The molecule has 0 aliphatic heterocycles. The van der Waals surface area contributed by atoms with Gasteiger partial charge in [-0.3, -0.25) is 4.79 Å². The van der Waals surface area contributed by atoms with Crippen LogP contribution in [-0.2, 0) is 6.61 Å². The Morgan fingerprint density at radius 3 is 3.10 bits per heavy atom. The standard InChI is InChI=1S/C15H13N3O3/c1-20-14-7-17-15(5-12(14)8-19)21-9-11-3-2-4-18-10-16-6-13(11)18/h2-8,10H,9H2,1H3. The van der Waals surface area contributed by atoms with E-state index in [1.54, 1.807) is 18.6 Å². The molecule has 0 bridgehead atoms. The number of carbonyl (C=O) groups excluding carboxylic acids is 1. The maximum absolute atomic E-state index is 11.0. The predicted molar refractivity (Wildman–Crippen MR) is 75.7 cm³/mol. The molecular weight excluding hydrogens is 270 g/mol. The maximum Gasteiger partial charge on any atom is 0.214 e. The van der Waals surface area contributed by atoms with Crippen molar-refractivity contribution in [3.8, 4) is 11.6 Å². The van der Waals surface area contributed by atoms with Crippen LogP contribution in [0.1, 0.15) is 15.9 Å². The molecule has 0 aliphatic carbocycles. The summed E-state index contributed by atoms with van der Waals surface area (Å²) in [6, 6.07) is 5.44. The van der Waals surface area contributed by atoms with Crippen molar-refractivity contribution in [3.05, 3.63) is 54.2 Å². The lowest BCUT2D eigenvalue weighted by molar-refractivity contribution is 0.111. The van der Waals surface area contributed by atoms with E-state index in [0.717, 1.165) is 11.1 Å². The Morgan fingerprint density at radius 2 is 2.29 bits per heavy atom. The third kappa shape index (κ3) is 2.55. The highest BCUT2D eigenvalue weighted by atomic mass is 16.5. The van der Waals surface area contributed by atoms with Gasteiger partial charge in [0.1, 0.15) is 12.4 Å². The van der Waals surface area contributed by atoms with Gasteiger partial charge < -0.3 is 13.9 Å². The summed E-state index contributed by atoms with van der Waals surface area (Å²) in [6.45, 7) is 0.341. The van der Waals surface area contributed by atoms with Gasteiger partial charge in [0, 0.05) is 17.8 Å². The molecule has 0 atom stereocenters. The number of nitrogens with zero attached hydrogens (tertiary/aromatic N) is 3. The Bertz CT molecular complexity index is 783. The fraction of sp³-hybridized carbons (Fsp3) is 0.133. The van der Waals surface area contributed by atoms with E-state index in [-0.39, 0.29) is 0 Å². The average Bonchev–Trinajstić information content (AvgIpc) is 3.01. The van der Waals surface area contributed by atoms with Crippen LogP contribution in [0.3, 0.4) is 0 Å². The lowest BCUT2D eigenvalue weighted by atomic mass is 10.2. The molecule has 0 saturated heterocycles. The molecule has 0 aromatic carbocycles. The molecule has 0 saturated carbocycles. The van der Waals surface area contributed by atoms with Crippen molar-refractivity contribution >= 4 is 11.8 Å².